The zero-order valence-electron chi connectivity index (χ0n) is 12.2. The van der Waals surface area contributed by atoms with Crippen LogP contribution >= 0.6 is 0 Å². The summed E-state index contributed by atoms with van der Waals surface area (Å²) in [5, 5.41) is 0. The van der Waals surface area contributed by atoms with E-state index in [1.165, 1.54) is 0 Å². The molecule has 0 aliphatic carbocycles. The molecule has 0 N–H and O–H groups in total. The standard InChI is InChI=1S/2C9H7O.2ClH.Zr/c2*1-2-5-8(4-1)9-6-3-7-10-9;;;/h2*1-7H;2*1H;/q2*-1;;;+4/p-2. The van der Waals surface area contributed by atoms with E-state index in [4.69, 9.17) is 8.83 Å². The van der Waals surface area contributed by atoms with Gasteiger partial charge in [-0.25, -0.2) is 0 Å². The zero-order chi connectivity index (χ0) is 13.6. The molecule has 5 heteroatoms. The molecule has 0 aliphatic rings. The Bertz CT molecular complexity index is 568. The number of hydrogen-bond donors (Lipinski definition) is 0. The fourth-order valence-electron chi connectivity index (χ4n) is 1.96. The van der Waals surface area contributed by atoms with Gasteiger partial charge in [0.05, 0.1) is 24.0 Å². The average Bonchev–Trinajstić information content (AvgIpc) is 3.29. The fourth-order valence-corrected chi connectivity index (χ4v) is 1.96. The van der Waals surface area contributed by atoms with Crippen molar-refractivity contribution in [3.63, 3.8) is 0 Å². The molecular formula is C18H14Cl2O2Zr. The second-order valence-corrected chi connectivity index (χ2v) is 4.30. The molecule has 0 aliphatic heterocycles. The third-order valence-electron chi connectivity index (χ3n) is 2.94. The fraction of sp³-hybridized carbons (Fsp3) is 0. The molecule has 23 heavy (non-hydrogen) atoms. The zero-order valence-corrected chi connectivity index (χ0v) is 16.1. The van der Waals surface area contributed by atoms with Gasteiger partial charge in [0.1, 0.15) is 0 Å². The molecule has 4 rings (SSSR count). The van der Waals surface area contributed by atoms with Crippen molar-refractivity contribution >= 4 is 0 Å². The van der Waals surface area contributed by atoms with Gasteiger partial charge in [-0.3, -0.25) is 0 Å². The smallest absolute Gasteiger partial charge is 1.00 e. The van der Waals surface area contributed by atoms with Crippen LogP contribution < -0.4 is 24.8 Å². The molecule has 2 aromatic carbocycles. The largest absolute Gasteiger partial charge is 4.00 e. The van der Waals surface area contributed by atoms with Gasteiger partial charge in [0.15, 0.2) is 0 Å². The molecule has 0 unspecified atom stereocenters. The van der Waals surface area contributed by atoms with Crippen molar-refractivity contribution in [1.29, 1.82) is 0 Å². The van der Waals surface area contributed by atoms with Gasteiger partial charge in [0, 0.05) is 0 Å². The van der Waals surface area contributed by atoms with Crippen molar-refractivity contribution < 1.29 is 59.9 Å². The van der Waals surface area contributed by atoms with E-state index in [1.807, 2.05) is 72.8 Å². The first-order valence-corrected chi connectivity index (χ1v) is 6.45. The third kappa shape index (κ3) is 6.03. The molecule has 0 saturated heterocycles. The summed E-state index contributed by atoms with van der Waals surface area (Å²) in [4.78, 5) is 0. The molecule has 4 aromatic rings. The Morgan fingerprint density at radius 2 is 0.913 bits per heavy atom. The van der Waals surface area contributed by atoms with Crippen LogP contribution in [0.25, 0.3) is 22.6 Å². The molecule has 2 nitrogen and oxygen atoms in total. The third-order valence-corrected chi connectivity index (χ3v) is 2.94. The Hall–Kier alpha value is -1.28. The Morgan fingerprint density at radius 3 is 1.17 bits per heavy atom. The summed E-state index contributed by atoms with van der Waals surface area (Å²) >= 11 is 0. The molecule has 0 amide bonds. The van der Waals surface area contributed by atoms with Crippen molar-refractivity contribution in [1.82, 2.24) is 0 Å². The number of furan rings is 2. The van der Waals surface area contributed by atoms with E-state index in [2.05, 4.69) is 0 Å². The van der Waals surface area contributed by atoms with E-state index in [1.54, 1.807) is 12.5 Å². The number of hydrogen-bond acceptors (Lipinski definition) is 2. The Labute approximate surface area is 167 Å². The summed E-state index contributed by atoms with van der Waals surface area (Å²) in [5.74, 6) is 1.87. The summed E-state index contributed by atoms with van der Waals surface area (Å²) in [6.07, 6.45) is 3.37. The molecule has 0 atom stereocenters. The van der Waals surface area contributed by atoms with Crippen LogP contribution in [0.15, 0.2) is 94.2 Å². The maximum atomic E-state index is 5.18. The second-order valence-electron chi connectivity index (χ2n) is 4.30. The van der Waals surface area contributed by atoms with E-state index in [-0.39, 0.29) is 51.0 Å². The van der Waals surface area contributed by atoms with Crippen LogP contribution in [0.2, 0.25) is 0 Å². The van der Waals surface area contributed by atoms with Crippen LogP contribution in [0, 0.1) is 0 Å². The Balaban J connectivity index is 0.000000372. The van der Waals surface area contributed by atoms with E-state index in [0.29, 0.717) is 0 Å². The minimum atomic E-state index is 0. The van der Waals surface area contributed by atoms with E-state index >= 15 is 0 Å². The quantitative estimate of drug-likeness (QED) is 0.400. The molecule has 0 fully saturated rings. The second kappa shape index (κ2) is 11.3. The van der Waals surface area contributed by atoms with Gasteiger partial charge in [-0.05, 0) is 0 Å². The van der Waals surface area contributed by atoms with Gasteiger partial charge in [0.2, 0.25) is 0 Å². The maximum Gasteiger partial charge on any atom is 4.00 e. The van der Waals surface area contributed by atoms with Crippen molar-refractivity contribution in [3.8, 4) is 22.6 Å². The van der Waals surface area contributed by atoms with Crippen molar-refractivity contribution in [2.75, 3.05) is 0 Å². The SMILES string of the molecule is [Cl-].[Cl-].[Zr+4].c1coc(-[c-]2cccc2)c1.c1coc(-[c-]2cccc2)c1. The molecule has 0 saturated carbocycles. The molecule has 116 valence electrons. The molecule has 2 aromatic heterocycles. The van der Waals surface area contributed by atoms with Crippen LogP contribution in [0.5, 0.6) is 0 Å². The predicted molar refractivity (Wildman–Crippen MR) is 79.5 cm³/mol. The summed E-state index contributed by atoms with van der Waals surface area (Å²) in [5.41, 5.74) is 2.29. The van der Waals surface area contributed by atoms with Crippen LogP contribution in [0.1, 0.15) is 0 Å². The summed E-state index contributed by atoms with van der Waals surface area (Å²) in [7, 11) is 0. The maximum absolute atomic E-state index is 5.18. The van der Waals surface area contributed by atoms with E-state index in [0.717, 1.165) is 22.6 Å². The molecular weight excluding hydrogens is 410 g/mol. The molecule has 0 spiro atoms. The first-order chi connectivity index (χ1) is 9.93. The van der Waals surface area contributed by atoms with Gasteiger partial charge in [-0.15, -0.1) is 24.3 Å². The van der Waals surface area contributed by atoms with Gasteiger partial charge in [-0.2, -0.15) is 24.3 Å². The Morgan fingerprint density at radius 1 is 0.565 bits per heavy atom. The predicted octanol–water partition coefficient (Wildman–Crippen LogP) is -0.663. The summed E-state index contributed by atoms with van der Waals surface area (Å²) in [6, 6.07) is 23.8. The first-order valence-electron chi connectivity index (χ1n) is 6.45. The van der Waals surface area contributed by atoms with Crippen molar-refractivity contribution in [3.05, 3.63) is 85.3 Å². The topological polar surface area (TPSA) is 26.3 Å². The molecule has 0 radical (unpaired) electrons. The summed E-state index contributed by atoms with van der Waals surface area (Å²) < 4.78 is 10.4. The minimum absolute atomic E-state index is 0. The number of rotatable bonds is 2. The first kappa shape index (κ1) is 21.7. The average molecular weight is 424 g/mol. The Kier molecular flexibility index (Phi) is 10.7. The van der Waals surface area contributed by atoms with Crippen LogP contribution in [0.4, 0.5) is 0 Å². The van der Waals surface area contributed by atoms with Crippen molar-refractivity contribution in [2.45, 2.75) is 0 Å². The van der Waals surface area contributed by atoms with Crippen molar-refractivity contribution in [2.24, 2.45) is 0 Å². The minimum Gasteiger partial charge on any atom is -1.00 e. The molecule has 0 bridgehead atoms. The van der Waals surface area contributed by atoms with Gasteiger partial charge in [0.25, 0.3) is 0 Å². The van der Waals surface area contributed by atoms with Gasteiger partial charge < -0.3 is 33.6 Å². The van der Waals surface area contributed by atoms with Crippen LogP contribution in [0.3, 0.4) is 0 Å². The van der Waals surface area contributed by atoms with Gasteiger partial charge in [-0.1, -0.05) is 35.4 Å². The number of halogens is 2. The van der Waals surface area contributed by atoms with E-state index in [9.17, 15) is 0 Å². The van der Waals surface area contributed by atoms with Crippen LogP contribution in [-0.2, 0) is 26.2 Å². The van der Waals surface area contributed by atoms with Crippen LogP contribution in [-0.4, -0.2) is 0 Å². The summed E-state index contributed by atoms with van der Waals surface area (Å²) in [6.45, 7) is 0. The van der Waals surface area contributed by atoms with E-state index < -0.39 is 0 Å². The monoisotopic (exact) mass is 422 g/mol. The van der Waals surface area contributed by atoms with Gasteiger partial charge >= 0.3 is 26.2 Å². The normalized spacial score (nSPS) is 8.70. The molecule has 2 heterocycles.